The highest BCUT2D eigenvalue weighted by Gasteiger charge is 2.43. The summed E-state index contributed by atoms with van der Waals surface area (Å²) >= 11 is 0. The van der Waals surface area contributed by atoms with Gasteiger partial charge in [0.2, 0.25) is 15.9 Å². The zero-order valence-electron chi connectivity index (χ0n) is 32.8. The smallest absolute Gasteiger partial charge is 0.409 e. The third-order valence-corrected chi connectivity index (χ3v) is 13.4. The molecule has 2 heterocycles. The van der Waals surface area contributed by atoms with Gasteiger partial charge in [-0.1, -0.05) is 84.9 Å². The molecular weight excluding hydrogens is 765 g/mol. The van der Waals surface area contributed by atoms with E-state index in [1.807, 2.05) is 91.0 Å². The van der Waals surface area contributed by atoms with Crippen molar-refractivity contribution in [3.63, 3.8) is 0 Å². The van der Waals surface area contributed by atoms with Crippen LogP contribution in [0.25, 0.3) is 11.1 Å². The average molecular weight is 811 g/mol. The number of ether oxygens (including phenoxy) is 3. The highest BCUT2D eigenvalue weighted by molar-refractivity contribution is 7.89. The monoisotopic (exact) mass is 810 g/mol. The van der Waals surface area contributed by atoms with Crippen molar-refractivity contribution in [3.8, 4) is 28.7 Å². The fourth-order valence-electron chi connectivity index (χ4n) is 8.97. The number of para-hydroxylation sites is 2. The molecule has 2 atom stereocenters. The first-order chi connectivity index (χ1) is 28.7. The van der Waals surface area contributed by atoms with E-state index in [4.69, 9.17) is 14.2 Å². The van der Waals surface area contributed by atoms with Gasteiger partial charge >= 0.3 is 6.09 Å². The van der Waals surface area contributed by atoms with E-state index in [-0.39, 0.29) is 49.4 Å². The first-order valence-corrected chi connectivity index (χ1v) is 21.4. The third kappa shape index (κ3) is 8.06. The summed E-state index contributed by atoms with van der Waals surface area (Å²) in [5, 5.41) is 12.5. The van der Waals surface area contributed by atoms with Crippen molar-refractivity contribution >= 4 is 22.0 Å². The average Bonchev–Trinajstić information content (AvgIpc) is 3.59. The maximum Gasteiger partial charge on any atom is 0.409 e. The predicted molar refractivity (Wildman–Crippen MR) is 222 cm³/mol. The molecule has 1 saturated heterocycles. The second-order valence-corrected chi connectivity index (χ2v) is 17.2. The van der Waals surface area contributed by atoms with Gasteiger partial charge in [-0.15, -0.1) is 0 Å². The number of carbonyl (C=O) groups excluding carboxylic acids is 2. The van der Waals surface area contributed by atoms with Crippen molar-refractivity contribution in [2.75, 3.05) is 40.0 Å². The number of rotatable bonds is 13. The van der Waals surface area contributed by atoms with Gasteiger partial charge in [-0.25, -0.2) is 17.9 Å². The Morgan fingerprint density at radius 1 is 0.831 bits per heavy atom. The Morgan fingerprint density at radius 2 is 1.44 bits per heavy atom. The number of fused-ring (bicyclic) bond motifs is 5. The molecule has 3 aliphatic rings. The zero-order valence-corrected chi connectivity index (χ0v) is 33.6. The van der Waals surface area contributed by atoms with Crippen LogP contribution in [0.15, 0.2) is 126 Å². The lowest BCUT2D eigenvalue weighted by Gasteiger charge is -2.41. The second-order valence-electron chi connectivity index (χ2n) is 15.4. The summed E-state index contributed by atoms with van der Waals surface area (Å²) in [6.45, 7) is 0.968. The van der Waals surface area contributed by atoms with Crippen LogP contribution >= 0.6 is 0 Å². The number of hydrogen-bond donors (Lipinski definition) is 2. The molecule has 2 N–H and O–H groups in total. The molecule has 1 aliphatic carbocycles. The minimum Gasteiger partial charge on any atom is -0.457 e. The van der Waals surface area contributed by atoms with Crippen molar-refractivity contribution in [1.82, 2.24) is 14.9 Å². The molecule has 0 radical (unpaired) electrons. The lowest BCUT2D eigenvalue weighted by Crippen LogP contribution is -2.56. The van der Waals surface area contributed by atoms with Crippen LogP contribution in [0.5, 0.6) is 11.5 Å². The third-order valence-electron chi connectivity index (χ3n) is 11.8. The largest absolute Gasteiger partial charge is 0.457 e. The topological polar surface area (TPSA) is 147 Å². The Hall–Kier alpha value is -6.00. The van der Waals surface area contributed by atoms with Crippen LogP contribution in [0.1, 0.15) is 59.4 Å². The first-order valence-electron chi connectivity index (χ1n) is 20.0. The first kappa shape index (κ1) is 39.8. The predicted octanol–water partition coefficient (Wildman–Crippen LogP) is 7.50. The van der Waals surface area contributed by atoms with Crippen molar-refractivity contribution < 1.29 is 32.2 Å². The van der Waals surface area contributed by atoms with Gasteiger partial charge in [-0.05, 0) is 84.3 Å². The van der Waals surface area contributed by atoms with Crippen LogP contribution < -0.4 is 14.8 Å². The molecular formula is C47H46N4O7S. The van der Waals surface area contributed by atoms with Crippen LogP contribution in [0.4, 0.5) is 4.79 Å². The molecule has 0 spiro atoms. The SMILES string of the molecule is COCCCCC1(CNC(=O)C2CC(NS(=O)(=O)c3ccc(C#N)cc3)CN(C(=O)OCC3c4ccccc4-c4ccccc43)C2)c2ccccc2Oc2ccccc21. The number of unbranched alkanes of at least 4 members (excludes halogenated alkanes) is 1. The van der Waals surface area contributed by atoms with Gasteiger partial charge in [0.25, 0.3) is 0 Å². The molecule has 8 rings (SSSR count). The summed E-state index contributed by atoms with van der Waals surface area (Å²) in [7, 11) is -2.41. The molecule has 0 aromatic heterocycles. The summed E-state index contributed by atoms with van der Waals surface area (Å²) in [5.41, 5.74) is 5.96. The normalized spacial score (nSPS) is 17.7. The van der Waals surface area contributed by atoms with E-state index in [0.29, 0.717) is 18.6 Å². The molecule has 11 nitrogen and oxygen atoms in total. The number of likely N-dealkylation sites (tertiary alicyclic amines) is 1. The number of nitrogens with zero attached hydrogens (tertiary/aromatic N) is 2. The van der Waals surface area contributed by atoms with E-state index in [1.165, 1.54) is 29.2 Å². The van der Waals surface area contributed by atoms with Gasteiger partial charge < -0.3 is 24.4 Å². The van der Waals surface area contributed by atoms with E-state index >= 15 is 0 Å². The summed E-state index contributed by atoms with van der Waals surface area (Å²) in [4.78, 5) is 29.9. The Kier molecular flexibility index (Phi) is 11.5. The fraction of sp³-hybridized carbons (Fsp3) is 0.298. The number of benzene rings is 5. The quantitative estimate of drug-likeness (QED) is 0.116. The molecule has 5 aromatic carbocycles. The molecule has 0 saturated carbocycles. The molecule has 2 unspecified atom stereocenters. The minimum atomic E-state index is -4.09. The van der Waals surface area contributed by atoms with Crippen molar-refractivity contribution in [2.45, 2.75) is 48.0 Å². The molecule has 2 aliphatic heterocycles. The van der Waals surface area contributed by atoms with Gasteiger partial charge in [-0.3, -0.25) is 4.79 Å². The van der Waals surface area contributed by atoms with Crippen LogP contribution in [-0.4, -0.2) is 71.3 Å². The van der Waals surface area contributed by atoms with E-state index in [0.717, 1.165) is 57.7 Å². The second kappa shape index (κ2) is 17.1. The number of carbonyl (C=O) groups is 2. The molecule has 2 amide bonds. The Bertz CT molecular complexity index is 2410. The Balaban J connectivity index is 1.05. The van der Waals surface area contributed by atoms with Crippen molar-refractivity contribution in [2.24, 2.45) is 5.92 Å². The number of sulfonamides is 1. The number of nitrogens with one attached hydrogen (secondary N) is 2. The van der Waals surface area contributed by atoms with Crippen LogP contribution in [0.2, 0.25) is 0 Å². The van der Waals surface area contributed by atoms with Gasteiger partial charge in [0, 0.05) is 61.9 Å². The highest BCUT2D eigenvalue weighted by Crippen LogP contribution is 2.50. The Morgan fingerprint density at radius 3 is 2.07 bits per heavy atom. The molecule has 5 aromatic rings. The standard InChI is InChI=1S/C47H46N4O7S/c1-56-25-11-10-24-47(41-16-6-8-18-43(41)58-44-19-9-7-17-42(44)47)31-49-45(52)33-26-34(50-59(54,55)35-22-20-32(27-48)21-23-35)29-51(28-33)46(53)57-30-40-38-14-4-2-12-36(38)37-13-3-5-15-39(37)40/h2-9,12-23,33-34,40,50H,10-11,24-26,28-31H2,1H3,(H,49,52). The summed E-state index contributed by atoms with van der Waals surface area (Å²) < 4.78 is 47.9. The summed E-state index contributed by atoms with van der Waals surface area (Å²) in [6, 6.07) is 38.7. The van der Waals surface area contributed by atoms with Crippen LogP contribution in [-0.2, 0) is 29.7 Å². The number of hydrogen-bond acceptors (Lipinski definition) is 8. The molecule has 12 heteroatoms. The van der Waals surface area contributed by atoms with Crippen LogP contribution in [0.3, 0.4) is 0 Å². The molecule has 302 valence electrons. The zero-order chi connectivity index (χ0) is 41.0. The van der Waals surface area contributed by atoms with Gasteiger partial charge in [-0.2, -0.15) is 5.26 Å². The molecule has 59 heavy (non-hydrogen) atoms. The lowest BCUT2D eigenvalue weighted by atomic mass is 9.69. The van der Waals surface area contributed by atoms with E-state index in [1.54, 1.807) is 7.11 Å². The number of amides is 2. The minimum absolute atomic E-state index is 0.00249. The maximum atomic E-state index is 14.5. The lowest BCUT2D eigenvalue weighted by molar-refractivity contribution is -0.127. The van der Waals surface area contributed by atoms with Gasteiger partial charge in [0.1, 0.15) is 18.1 Å². The van der Waals surface area contributed by atoms with Crippen molar-refractivity contribution in [1.29, 1.82) is 5.26 Å². The van der Waals surface area contributed by atoms with Crippen molar-refractivity contribution in [3.05, 3.63) is 149 Å². The highest BCUT2D eigenvalue weighted by atomic mass is 32.2. The summed E-state index contributed by atoms with van der Waals surface area (Å²) in [5.74, 6) is 0.202. The van der Waals surface area contributed by atoms with E-state index < -0.39 is 33.5 Å². The van der Waals surface area contributed by atoms with Crippen LogP contribution in [0, 0.1) is 17.2 Å². The van der Waals surface area contributed by atoms with Gasteiger partial charge in [0.05, 0.1) is 22.4 Å². The van der Waals surface area contributed by atoms with E-state index in [2.05, 4.69) is 22.2 Å². The maximum absolute atomic E-state index is 14.5. The van der Waals surface area contributed by atoms with Gasteiger partial charge in [0.15, 0.2) is 0 Å². The number of nitriles is 1. The number of methoxy groups -OCH3 is 1. The Labute approximate surface area is 345 Å². The van der Waals surface area contributed by atoms with E-state index in [9.17, 15) is 23.3 Å². The molecule has 1 fully saturated rings. The number of piperidine rings is 1. The summed E-state index contributed by atoms with van der Waals surface area (Å²) in [6.07, 6.45) is 1.87. The fourth-order valence-corrected chi connectivity index (χ4v) is 10.2. The molecule has 0 bridgehead atoms.